The fourth-order valence-corrected chi connectivity index (χ4v) is 4.40. The third kappa shape index (κ3) is 4.98. The van der Waals surface area contributed by atoms with Crippen molar-refractivity contribution in [3.8, 4) is 0 Å². The van der Waals surface area contributed by atoms with Crippen LogP contribution in [0, 0.1) is 0 Å². The summed E-state index contributed by atoms with van der Waals surface area (Å²) in [5.41, 5.74) is 1.13. The standard InChI is InChI=1S/C12H16O2.C12H16O/c13-11-8-4-5-9-12(11,14)10-6-2-1-3-7-10;13-12-9-5-4-8-11(12)10-6-2-1-3-7-10/h1-3,6-7,11,13-14H,4-5,8-9H2;1-3,6-7,11-13H,4-5,8-9H2/t;11-,12+/m.1/s1. The first-order valence-electron chi connectivity index (χ1n) is 10.3. The van der Waals surface area contributed by atoms with Crippen molar-refractivity contribution < 1.29 is 15.3 Å². The summed E-state index contributed by atoms with van der Waals surface area (Å²) in [4.78, 5) is 0. The van der Waals surface area contributed by atoms with Crippen LogP contribution in [-0.4, -0.2) is 27.5 Å². The van der Waals surface area contributed by atoms with Crippen molar-refractivity contribution in [2.45, 2.75) is 75.1 Å². The van der Waals surface area contributed by atoms with Crippen molar-refractivity contribution in [2.24, 2.45) is 0 Å². The molecule has 27 heavy (non-hydrogen) atoms. The van der Waals surface area contributed by atoms with Crippen LogP contribution < -0.4 is 0 Å². The van der Waals surface area contributed by atoms with E-state index in [2.05, 4.69) is 24.3 Å². The van der Waals surface area contributed by atoms with Crippen LogP contribution in [0.4, 0.5) is 0 Å². The Morgan fingerprint density at radius 1 is 0.704 bits per heavy atom. The molecule has 3 N–H and O–H groups in total. The predicted octanol–water partition coefficient (Wildman–Crippen LogP) is 4.51. The van der Waals surface area contributed by atoms with Crippen molar-refractivity contribution >= 4 is 0 Å². The Kier molecular flexibility index (Phi) is 7.06. The molecule has 2 aromatic carbocycles. The van der Waals surface area contributed by atoms with Crippen LogP contribution in [0.15, 0.2) is 60.7 Å². The molecule has 0 amide bonds. The Hall–Kier alpha value is -1.68. The zero-order valence-electron chi connectivity index (χ0n) is 16.0. The molecule has 0 heterocycles. The van der Waals surface area contributed by atoms with E-state index in [1.54, 1.807) is 0 Å². The number of hydrogen-bond acceptors (Lipinski definition) is 3. The summed E-state index contributed by atoms with van der Waals surface area (Å²) in [6.45, 7) is 0. The number of rotatable bonds is 2. The highest BCUT2D eigenvalue weighted by Crippen LogP contribution is 2.37. The molecule has 146 valence electrons. The number of aliphatic hydroxyl groups excluding tert-OH is 2. The third-order valence-electron chi connectivity index (χ3n) is 6.07. The van der Waals surface area contributed by atoms with Crippen molar-refractivity contribution in [3.63, 3.8) is 0 Å². The molecule has 4 atom stereocenters. The summed E-state index contributed by atoms with van der Waals surface area (Å²) in [5, 5.41) is 30.0. The molecule has 3 nitrogen and oxygen atoms in total. The van der Waals surface area contributed by atoms with Gasteiger partial charge in [-0.3, -0.25) is 0 Å². The molecular formula is C24H32O3. The van der Waals surface area contributed by atoms with Crippen molar-refractivity contribution in [1.29, 1.82) is 0 Å². The Bertz CT molecular complexity index is 673. The van der Waals surface area contributed by atoms with Crippen molar-refractivity contribution in [2.75, 3.05) is 0 Å². The molecule has 2 fully saturated rings. The van der Waals surface area contributed by atoms with E-state index in [1.807, 2.05) is 36.4 Å². The van der Waals surface area contributed by atoms with E-state index in [-0.39, 0.29) is 6.10 Å². The van der Waals surface area contributed by atoms with Crippen LogP contribution in [0.3, 0.4) is 0 Å². The SMILES string of the molecule is OC1CCCCC1(O)c1ccccc1.O[C@H]1CCCC[C@@H]1c1ccccc1. The van der Waals surface area contributed by atoms with Crippen molar-refractivity contribution in [3.05, 3.63) is 71.8 Å². The maximum Gasteiger partial charge on any atom is 0.115 e. The Labute approximate surface area is 162 Å². The minimum atomic E-state index is -1.01. The molecule has 3 heteroatoms. The lowest BCUT2D eigenvalue weighted by Gasteiger charge is -2.37. The average molecular weight is 369 g/mol. The van der Waals surface area contributed by atoms with Crippen LogP contribution in [0.5, 0.6) is 0 Å². The second-order valence-corrected chi connectivity index (χ2v) is 7.92. The second-order valence-electron chi connectivity index (χ2n) is 7.92. The van der Waals surface area contributed by atoms with Crippen LogP contribution in [0.25, 0.3) is 0 Å². The first kappa shape index (κ1) is 20.1. The Balaban J connectivity index is 0.000000156. The molecule has 0 spiro atoms. The lowest BCUT2D eigenvalue weighted by Crippen LogP contribution is -2.41. The first-order valence-corrected chi connectivity index (χ1v) is 10.3. The highest BCUT2D eigenvalue weighted by Gasteiger charge is 2.39. The zero-order valence-corrected chi connectivity index (χ0v) is 16.0. The van der Waals surface area contributed by atoms with Gasteiger partial charge in [0.25, 0.3) is 0 Å². The summed E-state index contributed by atoms with van der Waals surface area (Å²) >= 11 is 0. The molecule has 4 rings (SSSR count). The van der Waals surface area contributed by atoms with Gasteiger partial charge in [0, 0.05) is 5.92 Å². The second kappa shape index (κ2) is 9.50. The molecule has 2 aliphatic rings. The molecule has 2 aromatic rings. The van der Waals surface area contributed by atoms with E-state index in [4.69, 9.17) is 0 Å². The highest BCUT2D eigenvalue weighted by atomic mass is 16.3. The first-order chi connectivity index (χ1) is 13.1. The maximum atomic E-state index is 10.4. The summed E-state index contributed by atoms with van der Waals surface area (Å²) in [6, 6.07) is 19.9. The minimum Gasteiger partial charge on any atom is -0.392 e. The lowest BCUT2D eigenvalue weighted by atomic mass is 9.77. The van der Waals surface area contributed by atoms with Gasteiger partial charge in [-0.15, -0.1) is 0 Å². The molecule has 2 aliphatic carbocycles. The van der Waals surface area contributed by atoms with Crippen LogP contribution in [0.2, 0.25) is 0 Å². The average Bonchev–Trinajstić information content (AvgIpc) is 2.72. The van der Waals surface area contributed by atoms with E-state index >= 15 is 0 Å². The topological polar surface area (TPSA) is 60.7 Å². The molecule has 0 aliphatic heterocycles. The molecule has 0 bridgehead atoms. The van der Waals surface area contributed by atoms with E-state index in [9.17, 15) is 15.3 Å². The fraction of sp³-hybridized carbons (Fsp3) is 0.500. The van der Waals surface area contributed by atoms with Gasteiger partial charge in [-0.2, -0.15) is 0 Å². The van der Waals surface area contributed by atoms with E-state index in [0.29, 0.717) is 18.8 Å². The monoisotopic (exact) mass is 368 g/mol. The maximum absolute atomic E-state index is 10.4. The normalized spacial score (nSPS) is 30.9. The summed E-state index contributed by atoms with van der Waals surface area (Å²) < 4.78 is 0. The van der Waals surface area contributed by atoms with E-state index in [1.165, 1.54) is 18.4 Å². The summed E-state index contributed by atoms with van der Waals surface area (Å²) in [6.07, 6.45) is 7.20. The fourth-order valence-electron chi connectivity index (χ4n) is 4.40. The molecule has 0 radical (unpaired) electrons. The molecule has 2 saturated carbocycles. The molecular weight excluding hydrogens is 336 g/mol. The quantitative estimate of drug-likeness (QED) is 0.731. The molecule has 0 aromatic heterocycles. The van der Waals surface area contributed by atoms with Gasteiger partial charge in [0.1, 0.15) is 5.60 Å². The van der Waals surface area contributed by atoms with E-state index in [0.717, 1.165) is 31.2 Å². The smallest absolute Gasteiger partial charge is 0.115 e. The van der Waals surface area contributed by atoms with Crippen LogP contribution in [0.1, 0.15) is 68.4 Å². The molecule has 2 unspecified atom stereocenters. The largest absolute Gasteiger partial charge is 0.392 e. The molecule has 0 saturated heterocycles. The zero-order chi connectivity index (χ0) is 19.1. The highest BCUT2D eigenvalue weighted by molar-refractivity contribution is 5.24. The van der Waals surface area contributed by atoms with E-state index < -0.39 is 11.7 Å². The lowest BCUT2D eigenvalue weighted by molar-refractivity contribution is -0.106. The van der Waals surface area contributed by atoms with Gasteiger partial charge in [0.15, 0.2) is 0 Å². The van der Waals surface area contributed by atoms with Gasteiger partial charge in [-0.05, 0) is 36.8 Å². The number of aliphatic hydroxyl groups is 3. The van der Waals surface area contributed by atoms with Crippen LogP contribution >= 0.6 is 0 Å². The minimum absolute atomic E-state index is 0.115. The Morgan fingerprint density at radius 3 is 1.93 bits per heavy atom. The van der Waals surface area contributed by atoms with Gasteiger partial charge in [0.2, 0.25) is 0 Å². The third-order valence-corrected chi connectivity index (χ3v) is 6.07. The van der Waals surface area contributed by atoms with Gasteiger partial charge in [-0.25, -0.2) is 0 Å². The van der Waals surface area contributed by atoms with Gasteiger partial charge >= 0.3 is 0 Å². The predicted molar refractivity (Wildman–Crippen MR) is 108 cm³/mol. The van der Waals surface area contributed by atoms with Gasteiger partial charge in [-0.1, -0.05) is 86.3 Å². The van der Waals surface area contributed by atoms with Gasteiger partial charge < -0.3 is 15.3 Å². The van der Waals surface area contributed by atoms with Gasteiger partial charge in [0.05, 0.1) is 12.2 Å². The summed E-state index contributed by atoms with van der Waals surface area (Å²) in [5.74, 6) is 0.384. The Morgan fingerprint density at radius 2 is 1.30 bits per heavy atom. The van der Waals surface area contributed by atoms with Crippen molar-refractivity contribution in [1.82, 2.24) is 0 Å². The number of hydrogen-bond donors (Lipinski definition) is 3. The van der Waals surface area contributed by atoms with Crippen LogP contribution in [-0.2, 0) is 5.60 Å². The number of benzene rings is 2. The summed E-state index contributed by atoms with van der Waals surface area (Å²) in [7, 11) is 0.